The third-order valence-corrected chi connectivity index (χ3v) is 8.01. The molecule has 0 aromatic carbocycles. The predicted octanol–water partition coefficient (Wildman–Crippen LogP) is 4.68. The number of carbonyl (C=O) groups is 1. The summed E-state index contributed by atoms with van der Waals surface area (Å²) in [6.07, 6.45) is 0.141. The molecule has 0 bridgehead atoms. The maximum Gasteiger partial charge on any atom is 0.220 e. The number of nitrogens with two attached hydrogens (primary N) is 1. The Morgan fingerprint density at radius 2 is 1.56 bits per heavy atom. The zero-order valence-electron chi connectivity index (χ0n) is 23.7. The first kappa shape index (κ1) is 29.4. The lowest BCUT2D eigenvalue weighted by atomic mass is 9.80. The second kappa shape index (κ2) is 9.59. The van der Waals surface area contributed by atoms with Crippen LogP contribution in [0.3, 0.4) is 0 Å². The highest BCUT2D eigenvalue weighted by molar-refractivity contribution is 5.76. The molecule has 2 unspecified atom stereocenters. The molecule has 2 heterocycles. The summed E-state index contributed by atoms with van der Waals surface area (Å²) in [5, 5.41) is 3.05. The second-order valence-corrected chi connectivity index (χ2v) is 14.6. The highest BCUT2D eigenvalue weighted by Crippen LogP contribution is 2.44. The Morgan fingerprint density at radius 3 is 2.00 bits per heavy atom. The van der Waals surface area contributed by atoms with Crippen LogP contribution in [0.15, 0.2) is 0 Å². The first-order valence-corrected chi connectivity index (χ1v) is 13.0. The van der Waals surface area contributed by atoms with Crippen LogP contribution in [-0.2, 0) is 4.79 Å². The Bertz CT molecular complexity index is 722. The molecule has 0 saturated carbocycles. The van der Waals surface area contributed by atoms with E-state index in [9.17, 15) is 4.79 Å². The van der Waals surface area contributed by atoms with Crippen molar-refractivity contribution >= 4 is 5.91 Å². The summed E-state index contributed by atoms with van der Waals surface area (Å²) in [4.78, 5) is 17.5. The van der Waals surface area contributed by atoms with E-state index in [1.54, 1.807) is 0 Å². The van der Waals surface area contributed by atoms with Gasteiger partial charge >= 0.3 is 0 Å². The monoisotopic (exact) mass is 486 g/mol. The van der Waals surface area contributed by atoms with Crippen LogP contribution >= 0.6 is 0 Å². The third kappa shape index (κ3) is 6.50. The Kier molecular flexibility index (Phi) is 8.30. The molecule has 0 spiro atoms. The van der Waals surface area contributed by atoms with Crippen LogP contribution in [0, 0.1) is 10.8 Å². The van der Waals surface area contributed by atoms with Gasteiger partial charge in [0, 0.05) is 49.2 Å². The average Bonchev–Trinajstić information content (AvgIpc) is 3.19. The fraction of sp³-hybridized carbons (Fsp3) is 0.963. The van der Waals surface area contributed by atoms with Gasteiger partial charge in [-0.05, 0) is 58.3 Å². The Morgan fingerprint density at radius 1 is 1.00 bits per heavy atom. The summed E-state index contributed by atoms with van der Waals surface area (Å²) < 4.78 is 30.5. The molecule has 3 N–H and O–H groups in total. The maximum absolute atomic E-state index is 15.3. The van der Waals surface area contributed by atoms with Gasteiger partial charge in [-0.1, -0.05) is 41.5 Å². The molecular weight excluding hydrogens is 434 g/mol. The van der Waals surface area contributed by atoms with E-state index in [1.807, 2.05) is 0 Å². The van der Waals surface area contributed by atoms with Gasteiger partial charge in [-0.3, -0.25) is 14.6 Å². The quantitative estimate of drug-likeness (QED) is 0.572. The van der Waals surface area contributed by atoms with Crippen molar-refractivity contribution in [3.05, 3.63) is 0 Å². The summed E-state index contributed by atoms with van der Waals surface area (Å²) >= 11 is 0. The van der Waals surface area contributed by atoms with Gasteiger partial charge in [0.25, 0.3) is 0 Å². The van der Waals surface area contributed by atoms with Crippen molar-refractivity contribution in [2.45, 2.75) is 136 Å². The molecule has 7 heteroatoms. The molecule has 2 rings (SSSR count). The summed E-state index contributed by atoms with van der Waals surface area (Å²) in [5.41, 5.74) is 3.52. The van der Waals surface area contributed by atoms with Crippen molar-refractivity contribution in [2.75, 3.05) is 19.6 Å². The number of nitrogens with one attached hydrogen (secondary N) is 1. The van der Waals surface area contributed by atoms with Crippen molar-refractivity contribution in [3.63, 3.8) is 0 Å². The molecule has 2 aliphatic rings. The third-order valence-electron chi connectivity index (χ3n) is 8.01. The lowest BCUT2D eigenvalue weighted by Crippen LogP contribution is -2.57. The van der Waals surface area contributed by atoms with E-state index in [0.717, 1.165) is 0 Å². The van der Waals surface area contributed by atoms with E-state index < -0.39 is 17.9 Å². The summed E-state index contributed by atoms with van der Waals surface area (Å²) in [5.74, 6) is -0.137. The molecule has 0 aliphatic carbocycles. The average molecular weight is 487 g/mol. The largest absolute Gasteiger partial charge is 0.349 e. The molecular formula is C27H52F2N4O. The predicted molar refractivity (Wildman–Crippen MR) is 137 cm³/mol. The van der Waals surface area contributed by atoms with E-state index in [2.05, 4.69) is 91.3 Å². The number of likely N-dealkylation sites (tertiary alicyclic amines) is 2. The first-order valence-electron chi connectivity index (χ1n) is 13.0. The Hall–Kier alpha value is -0.790. The minimum atomic E-state index is -1.40. The van der Waals surface area contributed by atoms with Gasteiger partial charge in [0.05, 0.1) is 6.04 Å². The van der Waals surface area contributed by atoms with Crippen LogP contribution in [0.25, 0.3) is 0 Å². The van der Waals surface area contributed by atoms with Gasteiger partial charge in [-0.25, -0.2) is 8.78 Å². The highest BCUT2D eigenvalue weighted by atomic mass is 19.1. The van der Waals surface area contributed by atoms with Crippen molar-refractivity contribution in [3.8, 4) is 0 Å². The standard InChI is InChI=1S/C27H52F2N4O/c1-23(2,3)19-14-27(29,16-30)17-33(19)26(10,11)13-12-20(34)31-21-18(28)15-32(25(7,8)9)22(21)24(4,5)6/h18-19,21-22H,12-17,30H2,1-11H3,(H,31,34)/t18-,19?,21+,22?,27-/m0/s1. The van der Waals surface area contributed by atoms with E-state index >= 15 is 8.78 Å². The number of amides is 1. The van der Waals surface area contributed by atoms with E-state index in [0.29, 0.717) is 19.4 Å². The normalized spacial score (nSPS) is 32.4. The van der Waals surface area contributed by atoms with Crippen molar-refractivity contribution in [2.24, 2.45) is 16.6 Å². The van der Waals surface area contributed by atoms with Crippen LogP contribution in [0.5, 0.6) is 0 Å². The number of halogens is 2. The number of carbonyl (C=O) groups excluding carboxylic acids is 1. The molecule has 1 amide bonds. The minimum absolute atomic E-state index is 0.00465. The fourth-order valence-corrected chi connectivity index (χ4v) is 5.99. The van der Waals surface area contributed by atoms with Gasteiger partial charge in [-0.15, -0.1) is 0 Å². The molecule has 34 heavy (non-hydrogen) atoms. The molecule has 0 radical (unpaired) electrons. The molecule has 0 aromatic rings. The molecule has 2 aliphatic heterocycles. The maximum atomic E-state index is 15.3. The lowest BCUT2D eigenvalue weighted by molar-refractivity contribution is -0.123. The minimum Gasteiger partial charge on any atom is -0.349 e. The molecule has 5 nitrogen and oxygen atoms in total. The number of rotatable bonds is 6. The van der Waals surface area contributed by atoms with E-state index in [1.165, 1.54) is 0 Å². The van der Waals surface area contributed by atoms with E-state index in [4.69, 9.17) is 5.73 Å². The number of hydrogen-bond donors (Lipinski definition) is 2. The van der Waals surface area contributed by atoms with Crippen LogP contribution in [0.2, 0.25) is 0 Å². The molecule has 5 atom stereocenters. The zero-order valence-corrected chi connectivity index (χ0v) is 23.7. The summed E-state index contributed by atoms with van der Waals surface area (Å²) in [7, 11) is 0. The number of nitrogens with zero attached hydrogens (tertiary/aromatic N) is 2. The van der Waals surface area contributed by atoms with Gasteiger partial charge in [0.1, 0.15) is 11.8 Å². The fourth-order valence-electron chi connectivity index (χ4n) is 5.99. The van der Waals surface area contributed by atoms with Gasteiger partial charge in [0.15, 0.2) is 0 Å². The summed E-state index contributed by atoms with van der Waals surface area (Å²) in [6.45, 7) is 23.8. The van der Waals surface area contributed by atoms with Crippen molar-refractivity contribution in [1.82, 2.24) is 15.1 Å². The lowest BCUT2D eigenvalue weighted by Gasteiger charge is -2.45. The summed E-state index contributed by atoms with van der Waals surface area (Å²) in [6, 6.07) is -0.602. The Labute approximate surface area is 207 Å². The highest BCUT2D eigenvalue weighted by Gasteiger charge is 2.53. The number of hydrogen-bond acceptors (Lipinski definition) is 4. The van der Waals surface area contributed by atoms with Crippen molar-refractivity contribution < 1.29 is 13.6 Å². The molecule has 200 valence electrons. The molecule has 2 saturated heterocycles. The second-order valence-electron chi connectivity index (χ2n) is 14.6. The topological polar surface area (TPSA) is 61.6 Å². The van der Waals surface area contributed by atoms with Gasteiger partial charge < -0.3 is 11.1 Å². The van der Waals surface area contributed by atoms with Crippen LogP contribution in [0.4, 0.5) is 8.78 Å². The first-order chi connectivity index (χ1) is 15.1. The van der Waals surface area contributed by atoms with E-state index in [-0.39, 0.29) is 59.4 Å². The molecule has 0 aromatic heterocycles. The van der Waals surface area contributed by atoms with Crippen LogP contribution in [0.1, 0.15) is 95.4 Å². The van der Waals surface area contributed by atoms with Gasteiger partial charge in [0.2, 0.25) is 5.91 Å². The smallest absolute Gasteiger partial charge is 0.220 e. The zero-order chi connectivity index (χ0) is 26.5. The van der Waals surface area contributed by atoms with Crippen LogP contribution in [-0.4, -0.2) is 76.4 Å². The number of alkyl halides is 2. The van der Waals surface area contributed by atoms with Crippen molar-refractivity contribution in [1.29, 1.82) is 0 Å². The van der Waals surface area contributed by atoms with Gasteiger partial charge in [-0.2, -0.15) is 0 Å². The Balaban J connectivity index is 2.12. The molecule has 2 fully saturated rings. The van der Waals surface area contributed by atoms with Crippen LogP contribution < -0.4 is 11.1 Å². The SMILES string of the molecule is CC(C)(C)C1[C@H](NC(=O)CCC(C)(C)N2C[C@@](F)(CN)CC2C(C)(C)C)[C@@H](F)CN1C(C)(C)C.